The van der Waals surface area contributed by atoms with E-state index in [9.17, 15) is 0 Å². The molecule has 22 heavy (non-hydrogen) atoms. The number of anilines is 1. The molecule has 0 saturated heterocycles. The molecule has 0 aliphatic rings. The van der Waals surface area contributed by atoms with E-state index in [0.29, 0.717) is 0 Å². The molecule has 2 aromatic carbocycles. The summed E-state index contributed by atoms with van der Waals surface area (Å²) in [5.41, 5.74) is 2.79. The first-order valence-electron chi connectivity index (χ1n) is 7.25. The summed E-state index contributed by atoms with van der Waals surface area (Å²) in [5, 5.41) is 15.7. The smallest absolute Gasteiger partial charge is 0.181 e. The summed E-state index contributed by atoms with van der Waals surface area (Å²) < 4.78 is 1.77. The fourth-order valence-electron chi connectivity index (χ4n) is 2.37. The van der Waals surface area contributed by atoms with Crippen LogP contribution in [0.5, 0.6) is 0 Å². The Kier molecular flexibility index (Phi) is 3.63. The predicted molar refractivity (Wildman–Crippen MR) is 87.0 cm³/mol. The van der Waals surface area contributed by atoms with E-state index in [1.807, 2.05) is 42.5 Å². The van der Waals surface area contributed by atoms with E-state index in [1.165, 1.54) is 5.56 Å². The standard InChI is InChI=1S/C17H19N5/c1-13-9-11-15(12-10-13)22-16(19-20-21-22)17(2,3)18-14-7-5-4-6-8-14/h4-12,18H,1-3H3. The van der Waals surface area contributed by atoms with Crippen LogP contribution in [0.2, 0.25) is 0 Å². The Hall–Kier alpha value is -2.69. The van der Waals surface area contributed by atoms with E-state index in [-0.39, 0.29) is 0 Å². The Morgan fingerprint density at radius 3 is 2.32 bits per heavy atom. The number of rotatable bonds is 4. The minimum absolute atomic E-state index is 0.407. The van der Waals surface area contributed by atoms with Crippen molar-refractivity contribution >= 4 is 5.69 Å². The normalized spacial score (nSPS) is 11.4. The van der Waals surface area contributed by atoms with Crippen molar-refractivity contribution in [3.8, 4) is 5.69 Å². The molecule has 0 radical (unpaired) electrons. The fraction of sp³-hybridized carbons (Fsp3) is 0.235. The van der Waals surface area contributed by atoms with Gasteiger partial charge >= 0.3 is 0 Å². The largest absolute Gasteiger partial charge is 0.373 e. The van der Waals surface area contributed by atoms with Gasteiger partial charge < -0.3 is 5.32 Å². The average Bonchev–Trinajstić information content (AvgIpc) is 2.99. The highest BCUT2D eigenvalue weighted by atomic mass is 15.6. The van der Waals surface area contributed by atoms with E-state index in [1.54, 1.807) is 4.68 Å². The van der Waals surface area contributed by atoms with Gasteiger partial charge in [0.05, 0.1) is 11.2 Å². The molecule has 5 heteroatoms. The first kappa shape index (κ1) is 14.3. The summed E-state index contributed by atoms with van der Waals surface area (Å²) in [6, 6.07) is 18.2. The molecule has 5 nitrogen and oxygen atoms in total. The predicted octanol–water partition coefficient (Wildman–Crippen LogP) is 3.32. The van der Waals surface area contributed by atoms with E-state index >= 15 is 0 Å². The maximum Gasteiger partial charge on any atom is 0.181 e. The van der Waals surface area contributed by atoms with Crippen LogP contribution in [0.25, 0.3) is 5.69 Å². The molecule has 0 atom stereocenters. The molecule has 0 aliphatic carbocycles. The van der Waals surface area contributed by atoms with E-state index < -0.39 is 5.54 Å². The van der Waals surface area contributed by atoms with Crippen LogP contribution >= 0.6 is 0 Å². The number of benzene rings is 2. The zero-order chi connectivity index (χ0) is 15.6. The Labute approximate surface area is 130 Å². The van der Waals surface area contributed by atoms with Gasteiger partial charge in [-0.3, -0.25) is 0 Å². The van der Waals surface area contributed by atoms with Gasteiger partial charge in [-0.2, -0.15) is 4.68 Å². The summed E-state index contributed by atoms with van der Waals surface area (Å²) in [6.07, 6.45) is 0. The number of tetrazole rings is 1. The quantitative estimate of drug-likeness (QED) is 0.801. The van der Waals surface area contributed by atoms with Gasteiger partial charge in [0.25, 0.3) is 0 Å². The van der Waals surface area contributed by atoms with Gasteiger partial charge in [0.2, 0.25) is 0 Å². The number of aromatic nitrogens is 4. The van der Waals surface area contributed by atoms with Gasteiger partial charge in [0, 0.05) is 5.69 Å². The molecule has 0 unspecified atom stereocenters. The summed E-state index contributed by atoms with van der Waals surface area (Å²) in [5.74, 6) is 0.764. The number of nitrogens with zero attached hydrogens (tertiary/aromatic N) is 4. The van der Waals surface area contributed by atoms with Crippen molar-refractivity contribution in [2.45, 2.75) is 26.3 Å². The number of hydrogen-bond acceptors (Lipinski definition) is 4. The Morgan fingerprint density at radius 2 is 1.64 bits per heavy atom. The van der Waals surface area contributed by atoms with Crippen molar-refractivity contribution in [3.05, 3.63) is 66.0 Å². The molecule has 3 rings (SSSR count). The van der Waals surface area contributed by atoms with Gasteiger partial charge in [-0.05, 0) is 55.5 Å². The first-order chi connectivity index (χ1) is 10.6. The van der Waals surface area contributed by atoms with Crippen LogP contribution in [0, 0.1) is 6.92 Å². The Bertz CT molecular complexity index is 744. The van der Waals surface area contributed by atoms with Crippen molar-refractivity contribution in [2.24, 2.45) is 0 Å². The molecule has 0 fully saturated rings. The Balaban J connectivity index is 1.95. The molecule has 0 amide bonds. The Morgan fingerprint density at radius 1 is 0.955 bits per heavy atom. The molecule has 0 bridgehead atoms. The van der Waals surface area contributed by atoms with Gasteiger partial charge in [0.1, 0.15) is 0 Å². The SMILES string of the molecule is Cc1ccc(-n2nnnc2C(C)(C)Nc2ccccc2)cc1. The van der Waals surface area contributed by atoms with Crippen LogP contribution in [0.15, 0.2) is 54.6 Å². The number of hydrogen-bond donors (Lipinski definition) is 1. The van der Waals surface area contributed by atoms with Gasteiger partial charge in [0.15, 0.2) is 5.82 Å². The highest BCUT2D eigenvalue weighted by molar-refractivity contribution is 5.46. The second-order valence-corrected chi connectivity index (χ2v) is 5.87. The van der Waals surface area contributed by atoms with E-state index in [0.717, 1.165) is 17.2 Å². The van der Waals surface area contributed by atoms with Crippen molar-refractivity contribution < 1.29 is 0 Å². The third kappa shape index (κ3) is 2.83. The van der Waals surface area contributed by atoms with Crippen molar-refractivity contribution in [1.82, 2.24) is 20.2 Å². The monoisotopic (exact) mass is 293 g/mol. The van der Waals surface area contributed by atoms with E-state index in [2.05, 4.69) is 53.7 Å². The lowest BCUT2D eigenvalue weighted by Crippen LogP contribution is -2.31. The fourth-order valence-corrected chi connectivity index (χ4v) is 2.37. The summed E-state index contributed by atoms with van der Waals surface area (Å²) in [4.78, 5) is 0. The van der Waals surface area contributed by atoms with Gasteiger partial charge in [-0.15, -0.1) is 5.10 Å². The van der Waals surface area contributed by atoms with Gasteiger partial charge in [-0.1, -0.05) is 35.9 Å². The highest BCUT2D eigenvalue weighted by Gasteiger charge is 2.28. The molecular formula is C17H19N5. The highest BCUT2D eigenvalue weighted by Crippen LogP contribution is 2.25. The van der Waals surface area contributed by atoms with Crippen molar-refractivity contribution in [1.29, 1.82) is 0 Å². The lowest BCUT2D eigenvalue weighted by Gasteiger charge is -2.26. The van der Waals surface area contributed by atoms with Crippen LogP contribution in [-0.2, 0) is 5.54 Å². The lowest BCUT2D eigenvalue weighted by atomic mass is 10.0. The third-order valence-corrected chi connectivity index (χ3v) is 3.54. The van der Waals surface area contributed by atoms with Crippen molar-refractivity contribution in [3.63, 3.8) is 0 Å². The molecule has 0 saturated carbocycles. The molecular weight excluding hydrogens is 274 g/mol. The molecule has 0 aliphatic heterocycles. The molecule has 0 spiro atoms. The van der Waals surface area contributed by atoms with Crippen LogP contribution in [0.4, 0.5) is 5.69 Å². The zero-order valence-corrected chi connectivity index (χ0v) is 13.0. The summed E-state index contributed by atoms with van der Waals surface area (Å²) in [6.45, 7) is 6.19. The average molecular weight is 293 g/mol. The zero-order valence-electron chi connectivity index (χ0n) is 13.0. The van der Waals surface area contributed by atoms with Crippen LogP contribution in [0.3, 0.4) is 0 Å². The van der Waals surface area contributed by atoms with E-state index in [4.69, 9.17) is 0 Å². The molecule has 1 N–H and O–H groups in total. The lowest BCUT2D eigenvalue weighted by molar-refractivity contribution is 0.542. The summed E-state index contributed by atoms with van der Waals surface area (Å²) >= 11 is 0. The minimum atomic E-state index is -0.407. The molecule has 1 aromatic heterocycles. The second-order valence-electron chi connectivity index (χ2n) is 5.87. The van der Waals surface area contributed by atoms with Gasteiger partial charge in [-0.25, -0.2) is 0 Å². The minimum Gasteiger partial charge on any atom is -0.373 e. The summed E-state index contributed by atoms with van der Waals surface area (Å²) in [7, 11) is 0. The number of aryl methyl sites for hydroxylation is 1. The molecule has 3 aromatic rings. The van der Waals surface area contributed by atoms with Crippen LogP contribution < -0.4 is 5.32 Å². The van der Waals surface area contributed by atoms with Crippen LogP contribution in [-0.4, -0.2) is 20.2 Å². The molecule has 112 valence electrons. The van der Waals surface area contributed by atoms with Crippen LogP contribution in [0.1, 0.15) is 25.2 Å². The number of nitrogens with one attached hydrogen (secondary N) is 1. The maximum atomic E-state index is 4.22. The molecule has 1 heterocycles. The first-order valence-corrected chi connectivity index (χ1v) is 7.25. The topological polar surface area (TPSA) is 55.6 Å². The second kappa shape index (κ2) is 5.60. The third-order valence-electron chi connectivity index (χ3n) is 3.54. The van der Waals surface area contributed by atoms with Crippen molar-refractivity contribution in [2.75, 3.05) is 5.32 Å². The maximum absolute atomic E-state index is 4.22. The number of para-hydroxylation sites is 1.